The first-order chi connectivity index (χ1) is 10.3. The molecule has 1 heterocycles. The quantitative estimate of drug-likeness (QED) is 0.911. The summed E-state index contributed by atoms with van der Waals surface area (Å²) in [6.07, 6.45) is 11.5. The Hall–Kier alpha value is -1.22. The van der Waals surface area contributed by atoms with E-state index >= 15 is 0 Å². The summed E-state index contributed by atoms with van der Waals surface area (Å²) in [5.41, 5.74) is 2.03. The number of hydrogen-bond donors (Lipinski definition) is 1. The monoisotopic (exact) mass is 287 g/mol. The second kappa shape index (κ2) is 5.53. The lowest BCUT2D eigenvalue weighted by Gasteiger charge is -2.37. The molecule has 114 valence electrons. The highest BCUT2D eigenvalue weighted by molar-refractivity contribution is 5.44. The molecule has 0 saturated heterocycles. The first-order valence-corrected chi connectivity index (χ1v) is 8.45. The van der Waals surface area contributed by atoms with Crippen molar-refractivity contribution in [2.45, 2.75) is 64.0 Å². The maximum absolute atomic E-state index is 5.44. The van der Waals surface area contributed by atoms with Crippen LogP contribution in [0.25, 0.3) is 0 Å². The third kappa shape index (κ3) is 2.76. The first-order valence-electron chi connectivity index (χ1n) is 8.45. The van der Waals surface area contributed by atoms with E-state index in [0.29, 0.717) is 12.8 Å². The maximum Gasteiger partial charge on any atom is 0.231 e. The van der Waals surface area contributed by atoms with Gasteiger partial charge in [0, 0.05) is 12.6 Å². The van der Waals surface area contributed by atoms with Crippen molar-refractivity contribution in [1.82, 2.24) is 5.32 Å². The van der Waals surface area contributed by atoms with Crippen LogP contribution in [0.3, 0.4) is 0 Å². The Kier molecular flexibility index (Phi) is 3.54. The second-order valence-electron chi connectivity index (χ2n) is 7.05. The number of fused-ring (bicyclic) bond motifs is 1. The summed E-state index contributed by atoms with van der Waals surface area (Å²) in [4.78, 5) is 0. The van der Waals surface area contributed by atoms with Crippen LogP contribution in [0.2, 0.25) is 0 Å². The predicted octanol–water partition coefficient (Wildman–Crippen LogP) is 4.01. The number of hydrogen-bond acceptors (Lipinski definition) is 3. The Morgan fingerprint density at radius 2 is 1.76 bits per heavy atom. The number of nitrogens with one attached hydrogen (secondary N) is 1. The fraction of sp³-hybridized carbons (Fsp3) is 0.667. The van der Waals surface area contributed by atoms with Gasteiger partial charge >= 0.3 is 0 Å². The normalized spacial score (nSPS) is 23.8. The molecular formula is C18H25NO2. The van der Waals surface area contributed by atoms with E-state index in [1.54, 1.807) is 0 Å². The van der Waals surface area contributed by atoms with Crippen molar-refractivity contribution in [3.8, 4) is 11.5 Å². The smallest absolute Gasteiger partial charge is 0.231 e. The Labute approximate surface area is 127 Å². The molecule has 3 heteroatoms. The Morgan fingerprint density at radius 3 is 2.57 bits per heavy atom. The van der Waals surface area contributed by atoms with E-state index in [9.17, 15) is 0 Å². The molecule has 3 aliphatic rings. The van der Waals surface area contributed by atoms with Crippen molar-refractivity contribution in [2.75, 3.05) is 6.79 Å². The van der Waals surface area contributed by atoms with Crippen molar-refractivity contribution in [1.29, 1.82) is 0 Å². The van der Waals surface area contributed by atoms with E-state index in [1.165, 1.54) is 56.9 Å². The van der Waals surface area contributed by atoms with Crippen LogP contribution >= 0.6 is 0 Å². The molecule has 1 N–H and O–H groups in total. The molecule has 1 spiro atoms. The fourth-order valence-corrected chi connectivity index (χ4v) is 4.37. The van der Waals surface area contributed by atoms with E-state index < -0.39 is 0 Å². The molecule has 3 nitrogen and oxygen atoms in total. The van der Waals surface area contributed by atoms with Gasteiger partial charge in [-0.2, -0.15) is 0 Å². The molecule has 0 radical (unpaired) electrons. The predicted molar refractivity (Wildman–Crippen MR) is 82.6 cm³/mol. The highest BCUT2D eigenvalue weighted by Gasteiger charge is 2.37. The lowest BCUT2D eigenvalue weighted by molar-refractivity contribution is 0.168. The fourth-order valence-electron chi connectivity index (χ4n) is 4.37. The molecule has 1 aromatic rings. The minimum absolute atomic E-state index is 0.358. The molecule has 1 aliphatic heterocycles. The SMILES string of the molecule is c1cc2c(cc1CNC1CCC3(CCCC3)CC1)OCO2. The first kappa shape index (κ1) is 13.4. The van der Waals surface area contributed by atoms with Crippen molar-refractivity contribution in [3.63, 3.8) is 0 Å². The molecule has 0 bridgehead atoms. The van der Waals surface area contributed by atoms with Gasteiger partial charge in [0.2, 0.25) is 6.79 Å². The van der Waals surface area contributed by atoms with Gasteiger partial charge < -0.3 is 14.8 Å². The van der Waals surface area contributed by atoms with Crippen molar-refractivity contribution >= 4 is 0 Å². The summed E-state index contributed by atoms with van der Waals surface area (Å²) in [6, 6.07) is 6.97. The van der Waals surface area contributed by atoms with Gasteiger partial charge in [-0.05, 0) is 61.6 Å². The zero-order valence-electron chi connectivity index (χ0n) is 12.7. The van der Waals surface area contributed by atoms with Gasteiger partial charge in [0.15, 0.2) is 11.5 Å². The summed E-state index contributed by atoms with van der Waals surface area (Å²) in [5.74, 6) is 1.77. The van der Waals surface area contributed by atoms with Gasteiger partial charge in [0.1, 0.15) is 0 Å². The van der Waals surface area contributed by atoms with Gasteiger partial charge in [0.05, 0.1) is 0 Å². The van der Waals surface area contributed by atoms with Crippen molar-refractivity contribution in [2.24, 2.45) is 5.41 Å². The van der Waals surface area contributed by atoms with E-state index in [1.807, 2.05) is 6.07 Å². The van der Waals surface area contributed by atoms with Crippen LogP contribution in [-0.2, 0) is 6.54 Å². The average Bonchev–Trinajstić information content (AvgIpc) is 3.16. The van der Waals surface area contributed by atoms with Crippen LogP contribution in [-0.4, -0.2) is 12.8 Å². The molecule has 2 saturated carbocycles. The lowest BCUT2D eigenvalue weighted by Crippen LogP contribution is -2.36. The summed E-state index contributed by atoms with van der Waals surface area (Å²) < 4.78 is 10.8. The van der Waals surface area contributed by atoms with E-state index in [0.717, 1.165) is 23.5 Å². The lowest BCUT2D eigenvalue weighted by atomic mass is 9.71. The Balaban J connectivity index is 1.29. The average molecular weight is 287 g/mol. The van der Waals surface area contributed by atoms with Gasteiger partial charge in [-0.1, -0.05) is 18.9 Å². The standard InChI is InChI=1S/C18H25NO2/c1-2-8-18(7-1)9-5-15(6-10-18)19-12-14-3-4-16-17(11-14)21-13-20-16/h3-4,11,15,19H,1-2,5-10,12-13H2. The molecule has 4 rings (SSSR count). The summed E-state index contributed by atoms with van der Waals surface area (Å²) in [6.45, 7) is 1.30. The van der Waals surface area contributed by atoms with Gasteiger partial charge in [0.25, 0.3) is 0 Å². The van der Waals surface area contributed by atoms with Crippen LogP contribution in [0.5, 0.6) is 11.5 Å². The van der Waals surface area contributed by atoms with E-state index in [2.05, 4.69) is 17.4 Å². The molecule has 0 aromatic heterocycles. The van der Waals surface area contributed by atoms with E-state index in [-0.39, 0.29) is 0 Å². The second-order valence-corrected chi connectivity index (χ2v) is 7.05. The summed E-state index contributed by atoms with van der Waals surface area (Å²) >= 11 is 0. The van der Waals surface area contributed by atoms with Crippen LogP contribution < -0.4 is 14.8 Å². The molecular weight excluding hydrogens is 262 g/mol. The molecule has 0 atom stereocenters. The third-order valence-electron chi connectivity index (χ3n) is 5.74. The Bertz CT molecular complexity index is 498. The number of benzene rings is 1. The van der Waals surface area contributed by atoms with Crippen LogP contribution in [0, 0.1) is 5.41 Å². The molecule has 2 aliphatic carbocycles. The van der Waals surface area contributed by atoms with E-state index in [4.69, 9.17) is 9.47 Å². The zero-order chi connectivity index (χ0) is 14.1. The van der Waals surface area contributed by atoms with Crippen LogP contribution in [0.1, 0.15) is 56.9 Å². The molecule has 2 fully saturated rings. The molecule has 1 aromatic carbocycles. The van der Waals surface area contributed by atoms with Gasteiger partial charge in [-0.3, -0.25) is 0 Å². The highest BCUT2D eigenvalue weighted by Crippen LogP contribution is 2.48. The van der Waals surface area contributed by atoms with Gasteiger partial charge in [-0.15, -0.1) is 0 Å². The molecule has 0 unspecified atom stereocenters. The minimum Gasteiger partial charge on any atom is -0.454 e. The number of ether oxygens (including phenoxy) is 2. The van der Waals surface area contributed by atoms with Crippen molar-refractivity contribution < 1.29 is 9.47 Å². The highest BCUT2D eigenvalue weighted by atomic mass is 16.7. The van der Waals surface area contributed by atoms with Crippen LogP contribution in [0.15, 0.2) is 18.2 Å². The summed E-state index contributed by atoms with van der Waals surface area (Å²) in [5, 5.41) is 3.74. The maximum atomic E-state index is 5.44. The zero-order valence-corrected chi connectivity index (χ0v) is 12.7. The molecule has 21 heavy (non-hydrogen) atoms. The largest absolute Gasteiger partial charge is 0.454 e. The molecule has 0 amide bonds. The van der Waals surface area contributed by atoms with Crippen molar-refractivity contribution in [3.05, 3.63) is 23.8 Å². The topological polar surface area (TPSA) is 30.5 Å². The third-order valence-corrected chi connectivity index (χ3v) is 5.74. The number of rotatable bonds is 3. The van der Waals surface area contributed by atoms with Crippen LogP contribution in [0.4, 0.5) is 0 Å². The minimum atomic E-state index is 0.358. The Morgan fingerprint density at radius 1 is 1.00 bits per heavy atom. The van der Waals surface area contributed by atoms with Gasteiger partial charge in [-0.25, -0.2) is 0 Å². The summed E-state index contributed by atoms with van der Waals surface area (Å²) in [7, 11) is 0.